The highest BCUT2D eigenvalue weighted by molar-refractivity contribution is 5.47. The van der Waals surface area contributed by atoms with Crippen molar-refractivity contribution in [1.82, 2.24) is 29.8 Å². The Kier molecular flexibility index (Phi) is 3.66. The van der Waals surface area contributed by atoms with Crippen molar-refractivity contribution in [3.63, 3.8) is 0 Å². The zero-order chi connectivity index (χ0) is 15.6. The van der Waals surface area contributed by atoms with Crippen LogP contribution in [0, 0.1) is 0 Å². The number of nitrogens with zero attached hydrogens (tertiary/aromatic N) is 6. The van der Waals surface area contributed by atoms with Gasteiger partial charge in [-0.1, -0.05) is 0 Å². The van der Waals surface area contributed by atoms with Gasteiger partial charge in [0.1, 0.15) is 12.1 Å². The molecule has 120 valence electrons. The first-order valence-corrected chi connectivity index (χ1v) is 7.78. The first-order valence-electron chi connectivity index (χ1n) is 7.78. The number of hydrogen-bond acceptors (Lipinski definition) is 6. The normalized spacial score (nSPS) is 16.3. The van der Waals surface area contributed by atoms with Crippen LogP contribution in [0.5, 0.6) is 0 Å². The van der Waals surface area contributed by atoms with Crippen molar-refractivity contribution in [2.75, 3.05) is 25.1 Å². The molecule has 8 nitrogen and oxygen atoms in total. The van der Waals surface area contributed by atoms with Crippen LogP contribution in [-0.2, 0) is 11.3 Å². The highest BCUT2D eigenvalue weighted by Gasteiger charge is 2.24. The SMILES string of the molecule is COCc1cc(N2CCC(c3ccn[nH]3)CC2)n2ncnc2n1. The van der Waals surface area contributed by atoms with E-state index in [0.717, 1.165) is 37.4 Å². The molecule has 3 aromatic rings. The van der Waals surface area contributed by atoms with Crippen molar-refractivity contribution in [3.05, 3.63) is 36.0 Å². The van der Waals surface area contributed by atoms with Crippen LogP contribution in [-0.4, -0.2) is 50.0 Å². The largest absolute Gasteiger partial charge is 0.378 e. The molecular formula is C15H19N7O. The molecule has 1 aliphatic rings. The summed E-state index contributed by atoms with van der Waals surface area (Å²) in [6.45, 7) is 2.41. The summed E-state index contributed by atoms with van der Waals surface area (Å²) in [5, 5.41) is 11.5. The smallest absolute Gasteiger partial charge is 0.254 e. The molecule has 0 bridgehead atoms. The lowest BCUT2D eigenvalue weighted by Gasteiger charge is -2.33. The van der Waals surface area contributed by atoms with E-state index in [2.05, 4.69) is 36.2 Å². The number of aromatic nitrogens is 6. The molecule has 1 saturated heterocycles. The van der Waals surface area contributed by atoms with Crippen LogP contribution < -0.4 is 4.90 Å². The second-order valence-corrected chi connectivity index (χ2v) is 5.78. The molecule has 3 aromatic heterocycles. The van der Waals surface area contributed by atoms with Crippen LogP contribution in [0.1, 0.15) is 30.1 Å². The summed E-state index contributed by atoms with van der Waals surface area (Å²) < 4.78 is 7.01. The number of anilines is 1. The molecule has 23 heavy (non-hydrogen) atoms. The number of H-pyrrole nitrogens is 1. The maximum absolute atomic E-state index is 5.21. The zero-order valence-electron chi connectivity index (χ0n) is 13.0. The van der Waals surface area contributed by atoms with Crippen LogP contribution in [0.15, 0.2) is 24.7 Å². The lowest BCUT2D eigenvalue weighted by molar-refractivity contribution is 0.181. The molecule has 1 aliphatic heterocycles. The Labute approximate surface area is 133 Å². The molecule has 0 spiro atoms. The van der Waals surface area contributed by atoms with Crippen molar-refractivity contribution < 1.29 is 4.74 Å². The van der Waals surface area contributed by atoms with Crippen molar-refractivity contribution in [2.24, 2.45) is 0 Å². The van der Waals surface area contributed by atoms with E-state index in [1.165, 1.54) is 5.69 Å². The van der Waals surface area contributed by atoms with Gasteiger partial charge in [0.2, 0.25) is 0 Å². The Morgan fingerprint density at radius 3 is 2.96 bits per heavy atom. The summed E-state index contributed by atoms with van der Waals surface area (Å²) >= 11 is 0. The summed E-state index contributed by atoms with van der Waals surface area (Å²) in [4.78, 5) is 11.0. The number of methoxy groups -OCH3 is 1. The van der Waals surface area contributed by atoms with Crippen molar-refractivity contribution in [2.45, 2.75) is 25.4 Å². The van der Waals surface area contributed by atoms with E-state index >= 15 is 0 Å². The standard InChI is InChI=1S/C15H19N7O/c1-23-9-12-8-14(22-15(19-12)16-10-18-22)21-6-3-11(4-7-21)13-2-5-17-20-13/h2,5,8,10-11H,3-4,6-7,9H2,1H3,(H,17,20). The second kappa shape index (κ2) is 5.96. The molecule has 0 radical (unpaired) electrons. The summed E-state index contributed by atoms with van der Waals surface area (Å²) in [6, 6.07) is 4.11. The van der Waals surface area contributed by atoms with Gasteiger partial charge in [-0.15, -0.1) is 0 Å². The minimum absolute atomic E-state index is 0.473. The first kappa shape index (κ1) is 14.1. The van der Waals surface area contributed by atoms with Crippen LogP contribution in [0.3, 0.4) is 0 Å². The van der Waals surface area contributed by atoms with Crippen molar-refractivity contribution >= 4 is 11.6 Å². The molecule has 4 heterocycles. The predicted octanol–water partition coefficient (Wildman–Crippen LogP) is 1.38. The third kappa shape index (κ3) is 2.65. The zero-order valence-corrected chi connectivity index (χ0v) is 13.0. The van der Waals surface area contributed by atoms with Gasteiger partial charge in [0.05, 0.1) is 12.3 Å². The van der Waals surface area contributed by atoms with E-state index in [0.29, 0.717) is 18.3 Å². The fourth-order valence-electron chi connectivity index (χ4n) is 3.20. The topological polar surface area (TPSA) is 84.2 Å². The fraction of sp³-hybridized carbons (Fsp3) is 0.467. The Hall–Kier alpha value is -2.48. The van der Waals surface area contributed by atoms with Gasteiger partial charge in [-0.25, -0.2) is 4.98 Å². The third-order valence-electron chi connectivity index (χ3n) is 4.36. The Balaban J connectivity index is 1.58. The van der Waals surface area contributed by atoms with Gasteiger partial charge in [-0.05, 0) is 18.9 Å². The van der Waals surface area contributed by atoms with E-state index in [-0.39, 0.29) is 0 Å². The van der Waals surface area contributed by atoms with Crippen molar-refractivity contribution in [3.8, 4) is 0 Å². The lowest BCUT2D eigenvalue weighted by Crippen LogP contribution is -2.34. The molecule has 1 fully saturated rings. The number of fused-ring (bicyclic) bond motifs is 1. The third-order valence-corrected chi connectivity index (χ3v) is 4.36. The number of aromatic amines is 1. The highest BCUT2D eigenvalue weighted by Crippen LogP contribution is 2.29. The van der Waals surface area contributed by atoms with Gasteiger partial charge < -0.3 is 9.64 Å². The van der Waals surface area contributed by atoms with Crippen LogP contribution in [0.25, 0.3) is 5.78 Å². The van der Waals surface area contributed by atoms with E-state index < -0.39 is 0 Å². The van der Waals surface area contributed by atoms with Gasteiger partial charge in [-0.2, -0.15) is 19.7 Å². The van der Waals surface area contributed by atoms with Gasteiger partial charge in [0.15, 0.2) is 0 Å². The number of piperidine rings is 1. The summed E-state index contributed by atoms with van der Waals surface area (Å²) in [5.74, 6) is 2.19. The Bertz CT molecular complexity index is 774. The number of hydrogen-bond donors (Lipinski definition) is 1. The molecule has 0 unspecified atom stereocenters. The van der Waals surface area contributed by atoms with Crippen LogP contribution in [0.4, 0.5) is 5.82 Å². The molecule has 0 saturated carbocycles. The summed E-state index contributed by atoms with van der Waals surface area (Å²) in [6.07, 6.45) is 5.53. The minimum Gasteiger partial charge on any atom is -0.378 e. The molecule has 1 N–H and O–H groups in total. The molecule has 0 aromatic carbocycles. The molecule has 0 amide bonds. The minimum atomic E-state index is 0.473. The average Bonchev–Trinajstić information content (AvgIpc) is 3.26. The van der Waals surface area contributed by atoms with E-state index in [9.17, 15) is 0 Å². The number of rotatable bonds is 4. The molecular weight excluding hydrogens is 294 g/mol. The number of ether oxygens (including phenoxy) is 1. The quantitative estimate of drug-likeness (QED) is 0.783. The van der Waals surface area contributed by atoms with E-state index in [1.54, 1.807) is 18.0 Å². The Morgan fingerprint density at radius 1 is 1.35 bits per heavy atom. The monoisotopic (exact) mass is 313 g/mol. The van der Waals surface area contributed by atoms with Crippen LogP contribution >= 0.6 is 0 Å². The molecule has 0 aliphatic carbocycles. The summed E-state index contributed by atoms with van der Waals surface area (Å²) in [7, 11) is 1.67. The lowest BCUT2D eigenvalue weighted by atomic mass is 9.94. The predicted molar refractivity (Wildman–Crippen MR) is 84.3 cm³/mol. The maximum Gasteiger partial charge on any atom is 0.254 e. The van der Waals surface area contributed by atoms with Crippen molar-refractivity contribution in [1.29, 1.82) is 0 Å². The Morgan fingerprint density at radius 2 is 2.22 bits per heavy atom. The maximum atomic E-state index is 5.21. The fourth-order valence-corrected chi connectivity index (χ4v) is 3.20. The molecule has 8 heteroatoms. The van der Waals surface area contributed by atoms with E-state index in [4.69, 9.17) is 4.74 Å². The van der Waals surface area contributed by atoms with Crippen LogP contribution in [0.2, 0.25) is 0 Å². The first-order chi connectivity index (χ1) is 11.3. The van der Waals surface area contributed by atoms with Gasteiger partial charge >= 0.3 is 0 Å². The van der Waals surface area contributed by atoms with Gasteiger partial charge in [0, 0.05) is 44.1 Å². The van der Waals surface area contributed by atoms with Gasteiger partial charge in [-0.3, -0.25) is 5.10 Å². The molecule has 0 atom stereocenters. The van der Waals surface area contributed by atoms with E-state index in [1.807, 2.05) is 12.3 Å². The molecule has 4 rings (SSSR count). The average molecular weight is 313 g/mol. The summed E-state index contributed by atoms with van der Waals surface area (Å²) in [5.41, 5.74) is 2.10. The highest BCUT2D eigenvalue weighted by atomic mass is 16.5. The van der Waals surface area contributed by atoms with Gasteiger partial charge in [0.25, 0.3) is 5.78 Å². The number of nitrogens with one attached hydrogen (secondary N) is 1. The second-order valence-electron chi connectivity index (χ2n) is 5.78.